The molecule has 94 valence electrons. The van der Waals surface area contributed by atoms with Crippen molar-refractivity contribution < 1.29 is 4.79 Å². The van der Waals surface area contributed by atoms with Crippen molar-refractivity contribution in [1.82, 2.24) is 9.97 Å². The molecule has 0 aliphatic carbocycles. The van der Waals surface area contributed by atoms with E-state index in [2.05, 4.69) is 25.9 Å². The second-order valence-electron chi connectivity index (χ2n) is 3.96. The van der Waals surface area contributed by atoms with Crippen molar-refractivity contribution in [2.45, 2.75) is 10.1 Å². The van der Waals surface area contributed by atoms with Crippen LogP contribution in [0, 0.1) is 0 Å². The predicted molar refractivity (Wildman–Crippen MR) is 79.7 cm³/mol. The summed E-state index contributed by atoms with van der Waals surface area (Å²) in [7, 11) is 0. The molecule has 0 bridgehead atoms. The van der Waals surface area contributed by atoms with Gasteiger partial charge in [-0.2, -0.15) is 0 Å². The largest absolute Gasteiger partial charge is 0.333 e. The SMILES string of the molecule is O=Cc1ccc(Sc2nc3ccccc3[nH]2)cc1Br. The van der Waals surface area contributed by atoms with E-state index in [0.29, 0.717) is 5.56 Å². The lowest BCUT2D eigenvalue weighted by Crippen LogP contribution is -1.83. The number of aldehydes is 1. The molecule has 0 fully saturated rings. The molecule has 2 aromatic carbocycles. The van der Waals surface area contributed by atoms with Crippen LogP contribution in [0.25, 0.3) is 11.0 Å². The molecule has 3 rings (SSSR count). The number of nitrogens with one attached hydrogen (secondary N) is 1. The molecule has 1 heterocycles. The van der Waals surface area contributed by atoms with E-state index in [1.54, 1.807) is 6.07 Å². The van der Waals surface area contributed by atoms with Crippen molar-refractivity contribution in [3.63, 3.8) is 0 Å². The number of imidazole rings is 1. The molecule has 0 aliphatic heterocycles. The van der Waals surface area contributed by atoms with Crippen molar-refractivity contribution in [1.29, 1.82) is 0 Å². The maximum atomic E-state index is 10.8. The van der Waals surface area contributed by atoms with E-state index < -0.39 is 0 Å². The number of rotatable bonds is 3. The average Bonchev–Trinajstić information content (AvgIpc) is 2.81. The van der Waals surface area contributed by atoms with E-state index >= 15 is 0 Å². The summed E-state index contributed by atoms with van der Waals surface area (Å²) in [5.41, 5.74) is 2.62. The second-order valence-corrected chi connectivity index (χ2v) is 5.88. The average molecular weight is 333 g/mol. The zero-order chi connectivity index (χ0) is 13.2. The zero-order valence-electron chi connectivity index (χ0n) is 9.76. The molecule has 0 aliphatic rings. The molecule has 0 unspecified atom stereocenters. The van der Waals surface area contributed by atoms with Gasteiger partial charge in [-0.3, -0.25) is 4.79 Å². The molecule has 0 saturated carbocycles. The number of carbonyl (C=O) groups excluding carboxylic acids is 1. The highest BCUT2D eigenvalue weighted by atomic mass is 79.9. The lowest BCUT2D eigenvalue weighted by atomic mass is 10.2. The molecule has 5 heteroatoms. The van der Waals surface area contributed by atoms with E-state index in [1.807, 2.05) is 36.4 Å². The van der Waals surface area contributed by atoms with Gasteiger partial charge in [-0.1, -0.05) is 39.8 Å². The third-order valence-electron chi connectivity index (χ3n) is 2.68. The summed E-state index contributed by atoms with van der Waals surface area (Å²) in [5, 5.41) is 0.840. The minimum Gasteiger partial charge on any atom is -0.333 e. The van der Waals surface area contributed by atoms with Gasteiger partial charge in [0.2, 0.25) is 0 Å². The highest BCUT2D eigenvalue weighted by Crippen LogP contribution is 2.30. The summed E-state index contributed by atoms with van der Waals surface area (Å²) in [5.74, 6) is 0. The summed E-state index contributed by atoms with van der Waals surface area (Å²) in [6.45, 7) is 0. The van der Waals surface area contributed by atoms with Gasteiger partial charge in [-0.05, 0) is 30.3 Å². The number of nitrogens with zero attached hydrogens (tertiary/aromatic N) is 1. The maximum Gasteiger partial charge on any atom is 0.171 e. The molecule has 3 aromatic rings. The van der Waals surface area contributed by atoms with E-state index in [9.17, 15) is 4.79 Å². The van der Waals surface area contributed by atoms with E-state index in [-0.39, 0.29) is 0 Å². The van der Waals surface area contributed by atoms with Crippen molar-refractivity contribution in [2.75, 3.05) is 0 Å². The molecule has 0 atom stereocenters. The van der Waals surface area contributed by atoms with Gasteiger partial charge in [0, 0.05) is 14.9 Å². The van der Waals surface area contributed by atoms with Crippen LogP contribution in [-0.2, 0) is 0 Å². The standard InChI is InChI=1S/C14H9BrN2OS/c15-11-7-10(6-5-9(11)8-18)19-14-16-12-3-1-2-4-13(12)17-14/h1-8H,(H,16,17). The van der Waals surface area contributed by atoms with Gasteiger partial charge in [-0.25, -0.2) is 4.98 Å². The smallest absolute Gasteiger partial charge is 0.171 e. The number of fused-ring (bicyclic) bond motifs is 1. The van der Waals surface area contributed by atoms with Gasteiger partial charge in [0.25, 0.3) is 0 Å². The van der Waals surface area contributed by atoms with Crippen LogP contribution in [0.1, 0.15) is 10.4 Å². The van der Waals surface area contributed by atoms with Gasteiger partial charge in [0.1, 0.15) is 0 Å². The first kappa shape index (κ1) is 12.4. The van der Waals surface area contributed by atoms with Gasteiger partial charge >= 0.3 is 0 Å². The second kappa shape index (κ2) is 5.19. The highest BCUT2D eigenvalue weighted by Gasteiger charge is 2.06. The number of hydrogen-bond donors (Lipinski definition) is 1. The summed E-state index contributed by atoms with van der Waals surface area (Å²) < 4.78 is 0.795. The Hall–Kier alpha value is -1.59. The fourth-order valence-electron chi connectivity index (χ4n) is 1.76. The third kappa shape index (κ3) is 2.57. The van der Waals surface area contributed by atoms with Crippen molar-refractivity contribution in [2.24, 2.45) is 0 Å². The van der Waals surface area contributed by atoms with Gasteiger partial charge in [-0.15, -0.1) is 0 Å². The molecular formula is C14H9BrN2OS. The Bertz CT molecular complexity index is 721. The van der Waals surface area contributed by atoms with Crippen LogP contribution in [0.3, 0.4) is 0 Å². The van der Waals surface area contributed by atoms with Crippen molar-refractivity contribution in [3.05, 3.63) is 52.5 Å². The first-order valence-electron chi connectivity index (χ1n) is 5.63. The van der Waals surface area contributed by atoms with E-state index in [1.165, 1.54) is 11.8 Å². The van der Waals surface area contributed by atoms with E-state index in [4.69, 9.17) is 0 Å². The maximum absolute atomic E-state index is 10.8. The Balaban J connectivity index is 1.92. The van der Waals surface area contributed by atoms with Gasteiger partial charge in [0.05, 0.1) is 11.0 Å². The molecular weight excluding hydrogens is 324 g/mol. The monoisotopic (exact) mass is 332 g/mol. The lowest BCUT2D eigenvalue weighted by molar-refractivity contribution is 0.112. The number of benzene rings is 2. The Morgan fingerprint density at radius 2 is 2.05 bits per heavy atom. The summed E-state index contributed by atoms with van der Waals surface area (Å²) in [4.78, 5) is 19.5. The number of H-pyrrole nitrogens is 1. The van der Waals surface area contributed by atoms with Crippen LogP contribution in [0.4, 0.5) is 0 Å². The number of carbonyl (C=O) groups is 1. The lowest BCUT2D eigenvalue weighted by Gasteiger charge is -2.00. The van der Waals surface area contributed by atoms with Crippen LogP contribution >= 0.6 is 27.7 Å². The molecule has 0 saturated heterocycles. The predicted octanol–water partition coefficient (Wildman–Crippen LogP) is 4.29. The summed E-state index contributed by atoms with van der Waals surface area (Å²) >= 11 is 4.91. The molecule has 0 radical (unpaired) electrons. The molecule has 3 nitrogen and oxygen atoms in total. The van der Waals surface area contributed by atoms with E-state index in [0.717, 1.165) is 31.8 Å². The topological polar surface area (TPSA) is 45.8 Å². The van der Waals surface area contributed by atoms with Gasteiger partial charge in [0.15, 0.2) is 11.4 Å². The molecule has 0 spiro atoms. The number of halogens is 1. The first-order chi connectivity index (χ1) is 9.26. The Morgan fingerprint density at radius 3 is 2.79 bits per heavy atom. The van der Waals surface area contributed by atoms with Crippen molar-refractivity contribution in [3.8, 4) is 0 Å². The van der Waals surface area contributed by atoms with Crippen LogP contribution < -0.4 is 0 Å². The highest BCUT2D eigenvalue weighted by molar-refractivity contribution is 9.10. The normalized spacial score (nSPS) is 10.8. The number of para-hydroxylation sites is 2. The Labute approximate surface area is 122 Å². The Morgan fingerprint density at radius 1 is 1.21 bits per heavy atom. The van der Waals surface area contributed by atoms with Crippen LogP contribution in [0.5, 0.6) is 0 Å². The number of hydrogen-bond acceptors (Lipinski definition) is 3. The summed E-state index contributed by atoms with van der Waals surface area (Å²) in [6.07, 6.45) is 0.833. The minimum atomic E-state index is 0.647. The van der Waals surface area contributed by atoms with Crippen LogP contribution in [0.15, 0.2) is 57.0 Å². The van der Waals surface area contributed by atoms with Crippen molar-refractivity contribution >= 4 is 45.0 Å². The molecule has 1 N–H and O–H groups in total. The molecule has 1 aromatic heterocycles. The van der Waals surface area contributed by atoms with Crippen LogP contribution in [-0.4, -0.2) is 16.3 Å². The molecule has 19 heavy (non-hydrogen) atoms. The minimum absolute atomic E-state index is 0.647. The fraction of sp³-hybridized carbons (Fsp3) is 0. The van der Waals surface area contributed by atoms with Crippen LogP contribution in [0.2, 0.25) is 0 Å². The number of aromatic nitrogens is 2. The first-order valence-corrected chi connectivity index (χ1v) is 7.24. The fourth-order valence-corrected chi connectivity index (χ4v) is 3.22. The third-order valence-corrected chi connectivity index (χ3v) is 4.24. The Kier molecular flexibility index (Phi) is 3.40. The quantitative estimate of drug-likeness (QED) is 0.728. The molecule has 0 amide bonds. The number of aromatic amines is 1. The van der Waals surface area contributed by atoms with Gasteiger partial charge < -0.3 is 4.98 Å². The summed E-state index contributed by atoms with van der Waals surface area (Å²) in [6, 6.07) is 13.5. The zero-order valence-corrected chi connectivity index (χ0v) is 12.2.